The standard InChI is InChI=1S/C17H16BrNO4/c1-10-3-5-13(7-11(10)2)19-16(21)9-23-17(22)14-8-12(18)4-6-15(14)20/h3-8,20H,9H2,1-2H3,(H,19,21). The summed E-state index contributed by atoms with van der Waals surface area (Å²) >= 11 is 3.20. The van der Waals surface area contributed by atoms with Crippen molar-refractivity contribution >= 4 is 33.5 Å². The lowest BCUT2D eigenvalue weighted by Gasteiger charge is -2.09. The summed E-state index contributed by atoms with van der Waals surface area (Å²) < 4.78 is 5.55. The molecule has 1 amide bonds. The van der Waals surface area contributed by atoms with Crippen molar-refractivity contribution in [2.45, 2.75) is 13.8 Å². The van der Waals surface area contributed by atoms with Crippen LogP contribution in [0.4, 0.5) is 5.69 Å². The summed E-state index contributed by atoms with van der Waals surface area (Å²) in [7, 11) is 0. The number of ether oxygens (including phenoxy) is 1. The number of rotatable bonds is 4. The number of carbonyl (C=O) groups is 2. The molecule has 0 aromatic heterocycles. The van der Waals surface area contributed by atoms with E-state index in [1.807, 2.05) is 26.0 Å². The van der Waals surface area contributed by atoms with Gasteiger partial charge in [-0.15, -0.1) is 0 Å². The number of aromatic hydroxyl groups is 1. The van der Waals surface area contributed by atoms with E-state index in [9.17, 15) is 14.7 Å². The Morgan fingerprint density at radius 3 is 2.57 bits per heavy atom. The monoisotopic (exact) mass is 377 g/mol. The average Bonchev–Trinajstić information content (AvgIpc) is 2.51. The van der Waals surface area contributed by atoms with Crippen molar-refractivity contribution < 1.29 is 19.4 Å². The van der Waals surface area contributed by atoms with E-state index >= 15 is 0 Å². The molecule has 0 aliphatic carbocycles. The number of amides is 1. The van der Waals surface area contributed by atoms with Crippen LogP contribution in [-0.2, 0) is 9.53 Å². The second-order valence-electron chi connectivity index (χ2n) is 5.08. The number of benzene rings is 2. The number of phenolic OH excluding ortho intramolecular Hbond substituents is 1. The molecule has 0 aliphatic rings. The number of carbonyl (C=O) groups excluding carboxylic acids is 2. The third-order valence-electron chi connectivity index (χ3n) is 3.30. The summed E-state index contributed by atoms with van der Waals surface area (Å²) in [4.78, 5) is 23.7. The number of esters is 1. The zero-order valence-corrected chi connectivity index (χ0v) is 14.3. The first-order valence-electron chi connectivity index (χ1n) is 6.89. The van der Waals surface area contributed by atoms with Crippen molar-refractivity contribution in [3.8, 4) is 5.75 Å². The lowest BCUT2D eigenvalue weighted by atomic mass is 10.1. The molecule has 6 heteroatoms. The zero-order valence-electron chi connectivity index (χ0n) is 12.7. The number of hydrogen-bond acceptors (Lipinski definition) is 4. The molecule has 0 heterocycles. The number of nitrogens with one attached hydrogen (secondary N) is 1. The summed E-state index contributed by atoms with van der Waals surface area (Å²) in [6, 6.07) is 9.92. The SMILES string of the molecule is Cc1ccc(NC(=O)COC(=O)c2cc(Br)ccc2O)cc1C. The fourth-order valence-electron chi connectivity index (χ4n) is 1.90. The van der Waals surface area contributed by atoms with Gasteiger partial charge in [-0.05, 0) is 55.3 Å². The molecule has 0 bridgehead atoms. The molecular formula is C17H16BrNO4. The zero-order chi connectivity index (χ0) is 17.0. The molecule has 0 radical (unpaired) electrons. The maximum absolute atomic E-state index is 11.9. The quantitative estimate of drug-likeness (QED) is 0.798. The van der Waals surface area contributed by atoms with Gasteiger partial charge in [0.2, 0.25) is 0 Å². The summed E-state index contributed by atoms with van der Waals surface area (Å²) in [5, 5.41) is 12.3. The van der Waals surface area contributed by atoms with Crippen molar-refractivity contribution in [2.75, 3.05) is 11.9 Å². The van der Waals surface area contributed by atoms with Gasteiger partial charge in [0, 0.05) is 10.2 Å². The predicted octanol–water partition coefficient (Wildman–Crippen LogP) is 3.57. The van der Waals surface area contributed by atoms with Crippen molar-refractivity contribution in [3.05, 3.63) is 57.6 Å². The first kappa shape index (κ1) is 17.0. The molecule has 0 unspecified atom stereocenters. The Morgan fingerprint density at radius 1 is 1.13 bits per heavy atom. The van der Waals surface area contributed by atoms with E-state index in [-0.39, 0.29) is 11.3 Å². The Balaban J connectivity index is 1.94. The molecule has 0 saturated carbocycles. The molecule has 120 valence electrons. The summed E-state index contributed by atoms with van der Waals surface area (Å²) in [6.07, 6.45) is 0. The van der Waals surface area contributed by atoms with Crippen LogP contribution in [0.25, 0.3) is 0 Å². The third-order valence-corrected chi connectivity index (χ3v) is 3.80. The van der Waals surface area contributed by atoms with E-state index in [1.54, 1.807) is 12.1 Å². The largest absolute Gasteiger partial charge is 0.507 e. The van der Waals surface area contributed by atoms with E-state index in [1.165, 1.54) is 12.1 Å². The highest BCUT2D eigenvalue weighted by Crippen LogP contribution is 2.22. The number of hydrogen-bond donors (Lipinski definition) is 2. The average molecular weight is 378 g/mol. The highest BCUT2D eigenvalue weighted by Gasteiger charge is 2.15. The fourth-order valence-corrected chi connectivity index (χ4v) is 2.26. The van der Waals surface area contributed by atoms with Crippen LogP contribution < -0.4 is 5.32 Å². The molecule has 2 rings (SSSR count). The van der Waals surface area contributed by atoms with Gasteiger partial charge < -0.3 is 15.2 Å². The van der Waals surface area contributed by atoms with E-state index < -0.39 is 18.5 Å². The van der Waals surface area contributed by atoms with E-state index in [0.717, 1.165) is 11.1 Å². The normalized spacial score (nSPS) is 10.2. The number of aryl methyl sites for hydroxylation is 2. The van der Waals surface area contributed by atoms with Gasteiger partial charge >= 0.3 is 5.97 Å². The fraction of sp³-hybridized carbons (Fsp3) is 0.176. The van der Waals surface area contributed by atoms with Crippen molar-refractivity contribution in [1.29, 1.82) is 0 Å². The van der Waals surface area contributed by atoms with Crippen molar-refractivity contribution in [3.63, 3.8) is 0 Å². The van der Waals surface area contributed by atoms with Gasteiger partial charge in [0.1, 0.15) is 11.3 Å². The molecular weight excluding hydrogens is 362 g/mol. The minimum atomic E-state index is -0.765. The number of anilines is 1. The maximum Gasteiger partial charge on any atom is 0.342 e. The Labute approximate surface area is 142 Å². The summed E-state index contributed by atoms with van der Waals surface area (Å²) in [5.74, 6) is -1.41. The van der Waals surface area contributed by atoms with E-state index in [4.69, 9.17) is 4.74 Å². The highest BCUT2D eigenvalue weighted by molar-refractivity contribution is 9.10. The van der Waals surface area contributed by atoms with Gasteiger partial charge in [-0.25, -0.2) is 4.79 Å². The van der Waals surface area contributed by atoms with Crippen LogP contribution in [0.15, 0.2) is 40.9 Å². The molecule has 0 spiro atoms. The molecule has 2 aromatic carbocycles. The second kappa shape index (κ2) is 7.28. The van der Waals surface area contributed by atoms with Gasteiger partial charge in [-0.2, -0.15) is 0 Å². The Kier molecular flexibility index (Phi) is 5.39. The van der Waals surface area contributed by atoms with Crippen LogP contribution >= 0.6 is 15.9 Å². The van der Waals surface area contributed by atoms with Crippen LogP contribution in [0.5, 0.6) is 5.75 Å². The highest BCUT2D eigenvalue weighted by atomic mass is 79.9. The van der Waals surface area contributed by atoms with Crippen LogP contribution in [0.3, 0.4) is 0 Å². The van der Waals surface area contributed by atoms with E-state index in [0.29, 0.717) is 10.2 Å². The van der Waals surface area contributed by atoms with Gasteiger partial charge in [-0.1, -0.05) is 22.0 Å². The minimum Gasteiger partial charge on any atom is -0.507 e. The molecule has 0 fully saturated rings. The van der Waals surface area contributed by atoms with Gasteiger partial charge in [0.05, 0.1) is 0 Å². The predicted molar refractivity (Wildman–Crippen MR) is 90.6 cm³/mol. The molecule has 23 heavy (non-hydrogen) atoms. The molecule has 5 nitrogen and oxygen atoms in total. The Hall–Kier alpha value is -2.34. The minimum absolute atomic E-state index is 0.00152. The first-order valence-corrected chi connectivity index (χ1v) is 7.69. The molecule has 2 N–H and O–H groups in total. The topological polar surface area (TPSA) is 75.6 Å². The molecule has 0 atom stereocenters. The van der Waals surface area contributed by atoms with Crippen molar-refractivity contribution in [1.82, 2.24) is 0 Å². The Morgan fingerprint density at radius 2 is 1.87 bits per heavy atom. The van der Waals surface area contributed by atoms with E-state index in [2.05, 4.69) is 21.2 Å². The van der Waals surface area contributed by atoms with Crippen LogP contribution in [0.1, 0.15) is 21.5 Å². The van der Waals surface area contributed by atoms with Gasteiger partial charge in [-0.3, -0.25) is 4.79 Å². The first-order chi connectivity index (χ1) is 10.9. The molecule has 0 saturated heterocycles. The van der Waals surface area contributed by atoms with Gasteiger partial charge in [0.25, 0.3) is 5.91 Å². The maximum atomic E-state index is 11.9. The van der Waals surface area contributed by atoms with Gasteiger partial charge in [0.15, 0.2) is 6.61 Å². The third kappa shape index (κ3) is 4.56. The van der Waals surface area contributed by atoms with Crippen LogP contribution in [0, 0.1) is 13.8 Å². The smallest absolute Gasteiger partial charge is 0.342 e. The van der Waals surface area contributed by atoms with Crippen molar-refractivity contribution in [2.24, 2.45) is 0 Å². The summed E-state index contributed by atoms with van der Waals surface area (Å²) in [5.41, 5.74) is 2.82. The van der Waals surface area contributed by atoms with Crippen LogP contribution in [-0.4, -0.2) is 23.6 Å². The number of halogens is 1. The molecule has 0 aliphatic heterocycles. The second-order valence-corrected chi connectivity index (χ2v) is 6.00. The lowest BCUT2D eigenvalue weighted by molar-refractivity contribution is -0.119. The number of phenols is 1. The molecule has 2 aromatic rings. The lowest BCUT2D eigenvalue weighted by Crippen LogP contribution is -2.21. The van der Waals surface area contributed by atoms with Crippen LogP contribution in [0.2, 0.25) is 0 Å². The summed E-state index contributed by atoms with van der Waals surface area (Å²) in [6.45, 7) is 3.49. The Bertz CT molecular complexity index is 758.